The van der Waals surface area contributed by atoms with Crippen molar-refractivity contribution >= 4 is 11.8 Å². The highest BCUT2D eigenvalue weighted by atomic mass is 16.5. The maximum Gasteiger partial charge on any atom is 0.245 e. The van der Waals surface area contributed by atoms with E-state index in [1.54, 1.807) is 4.90 Å². The Morgan fingerprint density at radius 1 is 1.47 bits per heavy atom. The summed E-state index contributed by atoms with van der Waals surface area (Å²) in [6.45, 7) is 4.83. The average molecular weight is 269 g/mol. The van der Waals surface area contributed by atoms with Crippen LogP contribution in [0.2, 0.25) is 0 Å². The van der Waals surface area contributed by atoms with E-state index in [1.165, 1.54) is 0 Å². The monoisotopic (exact) mass is 269 g/mol. The van der Waals surface area contributed by atoms with Crippen molar-refractivity contribution in [3.63, 3.8) is 0 Å². The number of nitrogens with zero attached hydrogens (tertiary/aromatic N) is 1. The number of amides is 2. The molecule has 2 atom stereocenters. The molecule has 2 heterocycles. The van der Waals surface area contributed by atoms with E-state index in [0.717, 1.165) is 25.8 Å². The number of carbonyl (C=O) groups is 2. The molecule has 2 fully saturated rings. The van der Waals surface area contributed by atoms with E-state index in [0.29, 0.717) is 26.3 Å². The van der Waals surface area contributed by atoms with Gasteiger partial charge in [0.25, 0.3) is 0 Å². The van der Waals surface area contributed by atoms with Crippen molar-refractivity contribution in [1.82, 2.24) is 15.5 Å². The number of hydrogen-bond donors (Lipinski definition) is 2. The molecule has 2 saturated heterocycles. The largest absolute Gasteiger partial charge is 0.377 e. The van der Waals surface area contributed by atoms with Crippen LogP contribution < -0.4 is 10.6 Å². The van der Waals surface area contributed by atoms with Crippen LogP contribution in [0.5, 0.6) is 0 Å². The molecule has 2 rings (SSSR count). The Bertz CT molecular complexity index is 329. The lowest BCUT2D eigenvalue weighted by Crippen LogP contribution is -2.59. The van der Waals surface area contributed by atoms with Gasteiger partial charge in [0, 0.05) is 13.1 Å². The number of rotatable bonds is 4. The van der Waals surface area contributed by atoms with E-state index in [-0.39, 0.29) is 17.9 Å². The third kappa shape index (κ3) is 3.45. The molecule has 2 aliphatic rings. The minimum Gasteiger partial charge on any atom is -0.377 e. The molecule has 2 N–H and O–H groups in total. The minimum atomic E-state index is -0.477. The Balaban J connectivity index is 1.98. The summed E-state index contributed by atoms with van der Waals surface area (Å²) in [6, 6.07) is -0.602. The van der Waals surface area contributed by atoms with Gasteiger partial charge in [0.15, 0.2) is 0 Å². The van der Waals surface area contributed by atoms with Crippen LogP contribution in [0.15, 0.2) is 0 Å². The molecule has 0 aromatic rings. The molecule has 2 unspecified atom stereocenters. The van der Waals surface area contributed by atoms with Crippen molar-refractivity contribution < 1.29 is 14.3 Å². The number of carbonyl (C=O) groups excluding carboxylic acids is 2. The Kier molecular flexibility index (Phi) is 5.15. The van der Waals surface area contributed by atoms with Gasteiger partial charge in [-0.25, -0.2) is 0 Å². The van der Waals surface area contributed by atoms with Crippen molar-refractivity contribution in [2.45, 2.75) is 38.3 Å². The van der Waals surface area contributed by atoms with Gasteiger partial charge in [0.05, 0.1) is 19.3 Å². The van der Waals surface area contributed by atoms with Gasteiger partial charge in [-0.1, -0.05) is 6.92 Å². The van der Waals surface area contributed by atoms with Crippen LogP contribution in [-0.4, -0.2) is 61.6 Å². The second-order valence-corrected chi connectivity index (χ2v) is 5.06. The van der Waals surface area contributed by atoms with E-state index in [9.17, 15) is 9.59 Å². The first-order valence-corrected chi connectivity index (χ1v) is 7.13. The van der Waals surface area contributed by atoms with Crippen LogP contribution in [0.4, 0.5) is 0 Å². The van der Waals surface area contributed by atoms with Gasteiger partial charge in [-0.2, -0.15) is 0 Å². The molecule has 0 aromatic heterocycles. The fourth-order valence-corrected chi connectivity index (χ4v) is 2.55. The quantitative estimate of drug-likeness (QED) is 0.721. The van der Waals surface area contributed by atoms with Crippen LogP contribution in [0.25, 0.3) is 0 Å². The van der Waals surface area contributed by atoms with E-state index in [1.807, 2.05) is 6.92 Å². The Morgan fingerprint density at radius 3 is 3.00 bits per heavy atom. The van der Waals surface area contributed by atoms with Crippen molar-refractivity contribution in [3.8, 4) is 0 Å². The first kappa shape index (κ1) is 14.3. The molecule has 0 bridgehead atoms. The van der Waals surface area contributed by atoms with E-state index < -0.39 is 6.04 Å². The van der Waals surface area contributed by atoms with Crippen LogP contribution in [-0.2, 0) is 14.3 Å². The third-order valence-electron chi connectivity index (χ3n) is 3.62. The fourth-order valence-electron chi connectivity index (χ4n) is 2.55. The lowest BCUT2D eigenvalue weighted by molar-refractivity contribution is -0.149. The average Bonchev–Trinajstić information content (AvgIpc) is 2.98. The fraction of sp³-hybridized carbons (Fsp3) is 0.846. The van der Waals surface area contributed by atoms with Gasteiger partial charge >= 0.3 is 0 Å². The number of nitrogens with one attached hydrogen (secondary N) is 2. The predicted molar refractivity (Wildman–Crippen MR) is 70.6 cm³/mol. The third-order valence-corrected chi connectivity index (χ3v) is 3.62. The van der Waals surface area contributed by atoms with Crippen LogP contribution in [0.1, 0.15) is 26.2 Å². The number of ether oxygens (including phenoxy) is 1. The smallest absolute Gasteiger partial charge is 0.245 e. The van der Waals surface area contributed by atoms with Crippen LogP contribution in [0, 0.1) is 0 Å². The lowest BCUT2D eigenvalue weighted by atomic mass is 10.1. The highest BCUT2D eigenvalue weighted by Crippen LogP contribution is 2.14. The van der Waals surface area contributed by atoms with Crippen LogP contribution in [0.3, 0.4) is 0 Å². The molecule has 108 valence electrons. The van der Waals surface area contributed by atoms with Gasteiger partial charge in [-0.3, -0.25) is 9.59 Å². The first-order chi connectivity index (χ1) is 9.24. The first-order valence-electron chi connectivity index (χ1n) is 7.13. The molecule has 19 heavy (non-hydrogen) atoms. The predicted octanol–water partition coefficient (Wildman–Crippen LogP) is -0.508. The second-order valence-electron chi connectivity index (χ2n) is 5.06. The Hall–Kier alpha value is -1.14. The zero-order chi connectivity index (χ0) is 13.7. The van der Waals surface area contributed by atoms with E-state index in [2.05, 4.69) is 10.6 Å². The summed E-state index contributed by atoms with van der Waals surface area (Å²) in [5.74, 6) is -0.0645. The summed E-state index contributed by atoms with van der Waals surface area (Å²) >= 11 is 0. The molecule has 2 amide bonds. The summed E-state index contributed by atoms with van der Waals surface area (Å²) in [5.41, 5.74) is 0. The molecular formula is C13H23N3O3. The minimum absolute atomic E-state index is 0.0393. The summed E-state index contributed by atoms with van der Waals surface area (Å²) in [7, 11) is 0. The maximum atomic E-state index is 12.4. The van der Waals surface area contributed by atoms with E-state index >= 15 is 0 Å². The molecular weight excluding hydrogens is 246 g/mol. The molecule has 0 saturated carbocycles. The Morgan fingerprint density at radius 2 is 2.32 bits per heavy atom. The van der Waals surface area contributed by atoms with Crippen molar-refractivity contribution in [2.75, 3.05) is 32.8 Å². The SMILES string of the molecule is CCCNC(=O)C1COCCN1C(=O)C1CCCN1. The van der Waals surface area contributed by atoms with Gasteiger partial charge in [0.1, 0.15) is 6.04 Å². The number of morpholine rings is 1. The lowest BCUT2D eigenvalue weighted by Gasteiger charge is -2.36. The van der Waals surface area contributed by atoms with Crippen molar-refractivity contribution in [1.29, 1.82) is 0 Å². The van der Waals surface area contributed by atoms with Gasteiger partial charge in [-0.05, 0) is 25.8 Å². The highest BCUT2D eigenvalue weighted by Gasteiger charge is 2.36. The van der Waals surface area contributed by atoms with Gasteiger partial charge < -0.3 is 20.3 Å². The van der Waals surface area contributed by atoms with Crippen LogP contribution >= 0.6 is 0 Å². The molecule has 0 spiro atoms. The topological polar surface area (TPSA) is 70.7 Å². The normalized spacial score (nSPS) is 27.3. The second kappa shape index (κ2) is 6.86. The summed E-state index contributed by atoms with van der Waals surface area (Å²) < 4.78 is 5.35. The molecule has 0 aliphatic carbocycles. The molecule has 6 heteroatoms. The summed E-state index contributed by atoms with van der Waals surface area (Å²) in [5, 5.41) is 6.04. The van der Waals surface area contributed by atoms with Crippen molar-refractivity contribution in [2.24, 2.45) is 0 Å². The zero-order valence-electron chi connectivity index (χ0n) is 11.5. The van der Waals surface area contributed by atoms with Crippen molar-refractivity contribution in [3.05, 3.63) is 0 Å². The maximum absolute atomic E-state index is 12.4. The highest BCUT2D eigenvalue weighted by molar-refractivity contribution is 5.90. The number of hydrogen-bond acceptors (Lipinski definition) is 4. The zero-order valence-corrected chi connectivity index (χ0v) is 11.5. The van der Waals surface area contributed by atoms with Gasteiger partial charge in [-0.15, -0.1) is 0 Å². The summed E-state index contributed by atoms with van der Waals surface area (Å²) in [6.07, 6.45) is 2.77. The standard InChI is InChI=1S/C13H23N3O3/c1-2-5-15-12(17)11-9-19-8-7-16(11)13(18)10-4-3-6-14-10/h10-11,14H,2-9H2,1H3,(H,15,17). The molecule has 6 nitrogen and oxygen atoms in total. The Labute approximate surface area is 113 Å². The van der Waals surface area contributed by atoms with Gasteiger partial charge in [0.2, 0.25) is 11.8 Å². The molecule has 2 aliphatic heterocycles. The van der Waals surface area contributed by atoms with E-state index in [4.69, 9.17) is 4.74 Å². The molecule has 0 aromatic carbocycles. The molecule has 0 radical (unpaired) electrons. The summed E-state index contributed by atoms with van der Waals surface area (Å²) in [4.78, 5) is 26.2.